The number of fused-ring (bicyclic) bond motifs is 5. The van der Waals surface area contributed by atoms with Crippen LogP contribution in [0.25, 0.3) is 0 Å². The van der Waals surface area contributed by atoms with E-state index < -0.39 is 84.0 Å². The number of carbonyl (C=O) groups is 6. The van der Waals surface area contributed by atoms with Gasteiger partial charge in [0.15, 0.2) is 12.4 Å². The number of ketones is 2. The first-order valence-corrected chi connectivity index (χ1v) is 13.9. The van der Waals surface area contributed by atoms with Gasteiger partial charge in [0.1, 0.15) is 11.6 Å². The van der Waals surface area contributed by atoms with E-state index in [0.29, 0.717) is 12.8 Å². The molecule has 224 valence electrons. The van der Waals surface area contributed by atoms with Crippen LogP contribution in [0.5, 0.6) is 0 Å². The van der Waals surface area contributed by atoms with Crippen molar-refractivity contribution in [3.05, 3.63) is 23.8 Å². The summed E-state index contributed by atoms with van der Waals surface area (Å²) in [5.41, 5.74) is -2.28. The Balaban J connectivity index is 1.37. The van der Waals surface area contributed by atoms with Crippen molar-refractivity contribution < 1.29 is 53.9 Å². The van der Waals surface area contributed by atoms with Crippen molar-refractivity contribution in [3.63, 3.8) is 0 Å². The van der Waals surface area contributed by atoms with Gasteiger partial charge in [-0.25, -0.2) is 4.79 Å². The number of carboxylic acids is 2. The van der Waals surface area contributed by atoms with E-state index in [1.807, 2.05) is 18.3 Å². The Kier molecular flexibility index (Phi) is 8.30. The average Bonchev–Trinajstić information content (AvgIpc) is 3.16. The maximum atomic E-state index is 13.3. The molecule has 3 fully saturated rings. The van der Waals surface area contributed by atoms with Crippen molar-refractivity contribution in [3.8, 4) is 0 Å². The molecule has 0 unspecified atom stereocenters. The molecule has 4 aliphatic rings. The molecule has 4 rings (SSSR count). The molecule has 0 aromatic heterocycles. The smallest absolute Gasteiger partial charge is 0.326 e. The molecule has 0 aliphatic heterocycles. The molecule has 5 N–H and O–H groups in total. The van der Waals surface area contributed by atoms with E-state index in [1.54, 1.807) is 19.1 Å². The predicted octanol–water partition coefficient (Wildman–Crippen LogP) is 0.933. The predicted molar refractivity (Wildman–Crippen MR) is 140 cm³/mol. The maximum absolute atomic E-state index is 13.3. The maximum Gasteiger partial charge on any atom is 0.326 e. The van der Waals surface area contributed by atoms with Crippen molar-refractivity contribution in [2.75, 3.05) is 6.61 Å². The molecule has 0 bridgehead atoms. The van der Waals surface area contributed by atoms with Gasteiger partial charge < -0.3 is 30.5 Å². The molecule has 0 spiro atoms. The van der Waals surface area contributed by atoms with Crippen molar-refractivity contribution in [2.24, 2.45) is 28.6 Å². The monoisotopic (exact) mass is 575 g/mol. The molecule has 0 radical (unpaired) electrons. The molecule has 0 saturated heterocycles. The van der Waals surface area contributed by atoms with Gasteiger partial charge in [-0.1, -0.05) is 25.5 Å². The highest BCUT2D eigenvalue weighted by atomic mass is 16.5. The number of rotatable bonds is 10. The third-order valence-electron chi connectivity index (χ3n) is 10.0. The summed E-state index contributed by atoms with van der Waals surface area (Å²) >= 11 is 0. The second-order valence-corrected chi connectivity index (χ2v) is 12.3. The van der Waals surface area contributed by atoms with Crippen LogP contribution in [-0.4, -0.2) is 80.2 Å². The lowest BCUT2D eigenvalue weighted by Gasteiger charge is -2.59. The van der Waals surface area contributed by atoms with Crippen molar-refractivity contribution >= 4 is 35.4 Å². The number of nitrogens with one attached hydrogen (secondary N) is 1. The third kappa shape index (κ3) is 5.46. The lowest BCUT2D eigenvalue weighted by molar-refractivity contribution is -0.181. The summed E-state index contributed by atoms with van der Waals surface area (Å²) in [5.74, 6) is -5.70. The molecule has 12 heteroatoms. The number of aliphatic hydroxyl groups excluding tert-OH is 1. The van der Waals surface area contributed by atoms with Gasteiger partial charge in [-0.2, -0.15) is 0 Å². The Morgan fingerprint density at radius 1 is 1.12 bits per heavy atom. The van der Waals surface area contributed by atoms with Crippen LogP contribution in [0.15, 0.2) is 23.8 Å². The normalized spacial score (nSPS) is 36.2. The Morgan fingerprint density at radius 3 is 2.49 bits per heavy atom. The largest absolute Gasteiger partial charge is 0.481 e. The molecular weight excluding hydrogens is 538 g/mol. The summed E-state index contributed by atoms with van der Waals surface area (Å²) in [6.07, 6.45) is 4.74. The summed E-state index contributed by atoms with van der Waals surface area (Å²) in [5, 5.41) is 42.9. The fraction of sp³-hybridized carbons (Fsp3) is 0.655. The average molecular weight is 576 g/mol. The van der Waals surface area contributed by atoms with E-state index in [-0.39, 0.29) is 36.4 Å². The van der Waals surface area contributed by atoms with Crippen LogP contribution in [0.2, 0.25) is 0 Å². The number of esters is 1. The summed E-state index contributed by atoms with van der Waals surface area (Å²) in [6, 6.07) is -1.65. The molecule has 0 aromatic rings. The highest BCUT2D eigenvalue weighted by molar-refractivity contribution is 6.01. The Morgan fingerprint density at radius 2 is 1.83 bits per heavy atom. The zero-order valence-electron chi connectivity index (χ0n) is 23.1. The van der Waals surface area contributed by atoms with E-state index in [4.69, 9.17) is 14.9 Å². The van der Waals surface area contributed by atoms with E-state index in [1.165, 1.54) is 0 Å². The van der Waals surface area contributed by atoms with Gasteiger partial charge in [0, 0.05) is 23.2 Å². The fourth-order valence-corrected chi connectivity index (χ4v) is 7.98. The van der Waals surface area contributed by atoms with E-state index in [9.17, 15) is 39.0 Å². The number of hydrogen-bond donors (Lipinski definition) is 5. The van der Waals surface area contributed by atoms with Crippen molar-refractivity contribution in [1.29, 1.82) is 0 Å². The molecule has 3 saturated carbocycles. The van der Waals surface area contributed by atoms with E-state index in [0.717, 1.165) is 12.0 Å². The fourth-order valence-electron chi connectivity index (χ4n) is 7.98. The number of hydrogen-bond acceptors (Lipinski definition) is 9. The minimum Gasteiger partial charge on any atom is -0.481 e. The van der Waals surface area contributed by atoms with Gasteiger partial charge in [-0.3, -0.25) is 24.0 Å². The molecule has 12 nitrogen and oxygen atoms in total. The van der Waals surface area contributed by atoms with Crippen LogP contribution in [0.4, 0.5) is 0 Å². The Labute approximate surface area is 236 Å². The number of aliphatic carboxylic acids is 2. The highest BCUT2D eigenvalue weighted by Crippen LogP contribution is 2.67. The molecule has 4 aliphatic carbocycles. The van der Waals surface area contributed by atoms with Crippen molar-refractivity contribution in [2.45, 2.75) is 83.0 Å². The lowest BCUT2D eigenvalue weighted by atomic mass is 9.46. The number of aliphatic hydroxyl groups is 2. The summed E-state index contributed by atoms with van der Waals surface area (Å²) < 4.78 is 5.05. The first kappa shape index (κ1) is 30.6. The van der Waals surface area contributed by atoms with E-state index in [2.05, 4.69) is 0 Å². The lowest BCUT2D eigenvalue weighted by Crippen LogP contribution is -2.61. The summed E-state index contributed by atoms with van der Waals surface area (Å²) in [6.45, 7) is 3.11. The first-order valence-electron chi connectivity index (χ1n) is 13.9. The second kappa shape index (κ2) is 11.1. The van der Waals surface area contributed by atoms with Crippen LogP contribution in [0.3, 0.4) is 0 Å². The first-order chi connectivity index (χ1) is 19.1. The standard InChI is InChI=1S/C29H37NO11/c1-27-9-7-16(31)11-15(27)3-4-17-18-8-10-29(40,28(18,2)13-20(32)25(17)27)21(33)14-41-24(37)6-5-22(34)30-19(26(38)39)12-23(35)36/h7,9,11,17-20,25,32,40H,3-6,8,10,12-14H2,1-2H3,(H,30,34)(H,35,36)(H,38,39)/t17-,18-,19-,20-,25+,27-,28-,29-/m0/s1. The van der Waals surface area contributed by atoms with Gasteiger partial charge in [0.2, 0.25) is 11.7 Å². The van der Waals surface area contributed by atoms with Gasteiger partial charge in [0.05, 0.1) is 18.9 Å². The zero-order chi connectivity index (χ0) is 30.3. The van der Waals surface area contributed by atoms with E-state index >= 15 is 0 Å². The van der Waals surface area contributed by atoms with Crippen LogP contribution in [0, 0.1) is 28.6 Å². The Bertz CT molecular complexity index is 1220. The van der Waals surface area contributed by atoms with Gasteiger partial charge >= 0.3 is 17.9 Å². The third-order valence-corrected chi connectivity index (χ3v) is 10.0. The number of carbonyl (C=O) groups excluding carboxylic acids is 4. The molecule has 1 amide bonds. The van der Waals surface area contributed by atoms with Crippen molar-refractivity contribution in [1.82, 2.24) is 5.32 Å². The summed E-state index contributed by atoms with van der Waals surface area (Å²) in [7, 11) is 0. The van der Waals surface area contributed by atoms with Gasteiger partial charge in [0.25, 0.3) is 0 Å². The number of carboxylic acid groups (broad SMARTS) is 2. The Hall–Kier alpha value is -3.38. The molecule has 0 aromatic carbocycles. The number of amides is 1. The molecule has 0 heterocycles. The van der Waals surface area contributed by atoms with Crippen LogP contribution in [-0.2, 0) is 33.5 Å². The number of Topliss-reactive ketones (excluding diaryl/α,β-unsaturated/α-hetero) is 1. The van der Waals surface area contributed by atoms with Crippen LogP contribution >= 0.6 is 0 Å². The summed E-state index contributed by atoms with van der Waals surface area (Å²) in [4.78, 5) is 71.4. The minimum absolute atomic E-state index is 0.0161. The van der Waals surface area contributed by atoms with Crippen LogP contribution in [0.1, 0.15) is 65.2 Å². The zero-order valence-corrected chi connectivity index (χ0v) is 23.1. The number of ether oxygens (including phenoxy) is 1. The highest BCUT2D eigenvalue weighted by Gasteiger charge is 2.68. The SMILES string of the molecule is C[C@]12C=CC(=O)C=C1CC[C@@H]1[C@@H]2[C@@H](O)C[C@@]2(C)[C@H]1CC[C@]2(O)C(=O)COC(=O)CCC(=O)N[C@@H](CC(=O)O)C(=O)O. The van der Waals surface area contributed by atoms with Gasteiger partial charge in [-0.15, -0.1) is 0 Å². The molecular formula is C29H37NO11. The molecule has 41 heavy (non-hydrogen) atoms. The quantitative estimate of drug-likeness (QED) is 0.232. The van der Waals surface area contributed by atoms with Crippen LogP contribution < -0.4 is 5.32 Å². The minimum atomic E-state index is -1.83. The molecule has 8 atom stereocenters. The number of allylic oxidation sites excluding steroid dienone is 4. The second-order valence-electron chi connectivity index (χ2n) is 12.3. The topological polar surface area (TPSA) is 205 Å². The van der Waals surface area contributed by atoms with Gasteiger partial charge in [-0.05, 0) is 56.1 Å².